The summed E-state index contributed by atoms with van der Waals surface area (Å²) in [6.45, 7) is 2.47. The number of likely N-dealkylation sites (tertiary alicyclic amines) is 1. The number of amides is 1. The molecule has 0 radical (unpaired) electrons. The average molecular weight is 510 g/mol. The molecule has 1 atom stereocenters. The number of piperidine rings is 1. The number of aliphatic hydroxyl groups excluding tert-OH is 1. The predicted molar refractivity (Wildman–Crippen MR) is 126 cm³/mol. The van der Waals surface area contributed by atoms with Crippen molar-refractivity contribution in [2.45, 2.75) is 35.7 Å². The van der Waals surface area contributed by atoms with Crippen LogP contribution in [0.15, 0.2) is 46.8 Å². The molecule has 1 N–H and O–H groups in total. The van der Waals surface area contributed by atoms with Gasteiger partial charge in [-0.15, -0.1) is 0 Å². The van der Waals surface area contributed by atoms with Gasteiger partial charge in [-0.2, -0.15) is 15.5 Å². The van der Waals surface area contributed by atoms with Crippen molar-refractivity contribution in [3.8, 4) is 17.2 Å². The van der Waals surface area contributed by atoms with Crippen LogP contribution >= 0.6 is 11.8 Å². The molecule has 1 aliphatic rings. The van der Waals surface area contributed by atoms with Crippen molar-refractivity contribution in [3.05, 3.63) is 59.8 Å². The van der Waals surface area contributed by atoms with Gasteiger partial charge in [-0.1, -0.05) is 11.8 Å². The molecule has 0 unspecified atom stereocenters. The summed E-state index contributed by atoms with van der Waals surface area (Å²) in [6, 6.07) is 4.64. The van der Waals surface area contributed by atoms with Gasteiger partial charge in [0.15, 0.2) is 5.82 Å². The van der Waals surface area contributed by atoms with E-state index in [1.165, 1.54) is 6.20 Å². The molecule has 12 heteroatoms. The Bertz CT molecular complexity index is 1510. The van der Waals surface area contributed by atoms with Gasteiger partial charge >= 0.3 is 0 Å². The molecule has 0 aromatic carbocycles. The van der Waals surface area contributed by atoms with Crippen molar-refractivity contribution in [3.63, 3.8) is 0 Å². The summed E-state index contributed by atoms with van der Waals surface area (Å²) in [5.41, 5.74) is 3.23. The van der Waals surface area contributed by atoms with E-state index in [0.29, 0.717) is 29.1 Å². The van der Waals surface area contributed by atoms with Crippen LogP contribution in [0, 0.1) is 29.9 Å². The number of carbonyl (C=O) groups is 1. The van der Waals surface area contributed by atoms with Crippen LogP contribution in [0.5, 0.6) is 0 Å². The number of aliphatic hydroxyl groups is 1. The van der Waals surface area contributed by atoms with Gasteiger partial charge in [0.1, 0.15) is 23.5 Å². The van der Waals surface area contributed by atoms with E-state index in [-0.39, 0.29) is 17.0 Å². The minimum Gasteiger partial charge on any atom is -0.387 e. The summed E-state index contributed by atoms with van der Waals surface area (Å²) in [5, 5.41) is 27.6. The van der Waals surface area contributed by atoms with E-state index in [9.17, 15) is 23.9 Å². The number of halogens is 2. The number of nitrogens with zero attached hydrogens (tertiary/aromatic N) is 7. The fraction of sp³-hybridized carbons (Fsp3) is 0.292. The Morgan fingerprint density at radius 1 is 1.28 bits per heavy atom. The molecule has 0 saturated carbocycles. The Morgan fingerprint density at radius 2 is 2.11 bits per heavy atom. The summed E-state index contributed by atoms with van der Waals surface area (Å²) < 4.78 is 31.2. The number of fused-ring (bicyclic) bond motifs is 1. The minimum absolute atomic E-state index is 0.0243. The zero-order valence-corrected chi connectivity index (χ0v) is 20.0. The van der Waals surface area contributed by atoms with Gasteiger partial charge in [-0.3, -0.25) is 9.48 Å². The number of aromatic nitrogens is 5. The van der Waals surface area contributed by atoms with Crippen LogP contribution in [0.3, 0.4) is 0 Å². The number of hydrogen-bond donors (Lipinski definition) is 1. The maximum absolute atomic E-state index is 14.4. The average Bonchev–Trinajstić information content (AvgIpc) is 3.48. The number of carbonyl (C=O) groups excluding carboxylic acids is 1. The molecule has 1 fully saturated rings. The van der Waals surface area contributed by atoms with Gasteiger partial charge in [0.2, 0.25) is 5.91 Å². The van der Waals surface area contributed by atoms with Crippen molar-refractivity contribution in [1.82, 2.24) is 29.3 Å². The number of rotatable bonds is 5. The normalized spacial score (nSPS) is 15.9. The van der Waals surface area contributed by atoms with Gasteiger partial charge in [-0.05, 0) is 25.8 Å². The van der Waals surface area contributed by atoms with E-state index in [1.54, 1.807) is 21.8 Å². The van der Waals surface area contributed by atoms with Gasteiger partial charge in [0.25, 0.3) is 0 Å². The SMILES string of the molecule is Cc1c(-c2cc(Sc3ncc(F)cc3F)c3c(C#N)cnn3c2)cnn1[C@H]1CCCN(C(=O)CO)C1. The molecular weight excluding hydrogens is 488 g/mol. The second-order valence-corrected chi connectivity index (χ2v) is 9.51. The molecule has 1 aliphatic heterocycles. The second-order valence-electron chi connectivity index (χ2n) is 8.48. The first-order valence-electron chi connectivity index (χ1n) is 11.2. The Kier molecular flexibility index (Phi) is 6.42. The van der Waals surface area contributed by atoms with Crippen molar-refractivity contribution < 1.29 is 18.7 Å². The Balaban J connectivity index is 1.55. The minimum atomic E-state index is -0.801. The van der Waals surface area contributed by atoms with E-state index in [2.05, 4.69) is 21.3 Å². The summed E-state index contributed by atoms with van der Waals surface area (Å²) in [5.74, 6) is -1.88. The molecule has 4 aromatic rings. The van der Waals surface area contributed by atoms with Crippen LogP contribution in [-0.2, 0) is 4.79 Å². The monoisotopic (exact) mass is 509 g/mol. The lowest BCUT2D eigenvalue weighted by Gasteiger charge is -2.33. The van der Waals surface area contributed by atoms with Crippen molar-refractivity contribution in [2.75, 3.05) is 19.7 Å². The predicted octanol–water partition coefficient (Wildman–Crippen LogP) is 3.36. The first kappa shape index (κ1) is 23.9. The first-order valence-corrected chi connectivity index (χ1v) is 12.0. The van der Waals surface area contributed by atoms with Crippen LogP contribution in [0.1, 0.15) is 30.1 Å². The summed E-state index contributed by atoms with van der Waals surface area (Å²) >= 11 is 0.982. The molecule has 1 saturated heterocycles. The van der Waals surface area contributed by atoms with Crippen molar-refractivity contribution in [2.24, 2.45) is 0 Å². The smallest absolute Gasteiger partial charge is 0.248 e. The fourth-order valence-electron chi connectivity index (χ4n) is 4.53. The zero-order chi connectivity index (χ0) is 25.4. The van der Waals surface area contributed by atoms with E-state index in [0.717, 1.165) is 53.7 Å². The summed E-state index contributed by atoms with van der Waals surface area (Å²) in [7, 11) is 0. The Morgan fingerprint density at radius 3 is 2.86 bits per heavy atom. The highest BCUT2D eigenvalue weighted by Crippen LogP contribution is 2.37. The lowest BCUT2D eigenvalue weighted by atomic mass is 10.0. The molecule has 184 valence electrons. The maximum Gasteiger partial charge on any atom is 0.248 e. The molecule has 0 bridgehead atoms. The molecular formula is C24H21F2N7O2S. The third-order valence-corrected chi connectivity index (χ3v) is 7.29. The van der Waals surface area contributed by atoms with E-state index in [1.807, 2.05) is 17.7 Å². The van der Waals surface area contributed by atoms with Crippen LogP contribution in [0.25, 0.3) is 16.6 Å². The van der Waals surface area contributed by atoms with Gasteiger partial charge in [-0.25, -0.2) is 18.3 Å². The van der Waals surface area contributed by atoms with E-state index in [4.69, 9.17) is 0 Å². The lowest BCUT2D eigenvalue weighted by Crippen LogP contribution is -2.42. The highest BCUT2D eigenvalue weighted by Gasteiger charge is 2.27. The summed E-state index contributed by atoms with van der Waals surface area (Å²) in [4.78, 5) is 18.0. The molecule has 9 nitrogen and oxygen atoms in total. The Hall–Kier alpha value is -3.82. The van der Waals surface area contributed by atoms with E-state index >= 15 is 0 Å². The topological polar surface area (TPSA) is 112 Å². The van der Waals surface area contributed by atoms with Gasteiger partial charge in [0.05, 0.1) is 35.7 Å². The number of pyridine rings is 2. The highest BCUT2D eigenvalue weighted by atomic mass is 32.2. The van der Waals surface area contributed by atoms with Crippen molar-refractivity contribution >= 4 is 23.2 Å². The van der Waals surface area contributed by atoms with E-state index < -0.39 is 18.2 Å². The molecule has 4 aromatic heterocycles. The Labute approximate surface area is 209 Å². The lowest BCUT2D eigenvalue weighted by molar-refractivity contribution is -0.135. The van der Waals surface area contributed by atoms with Gasteiger partial charge < -0.3 is 10.0 Å². The number of nitriles is 1. The second kappa shape index (κ2) is 9.67. The van der Waals surface area contributed by atoms with Crippen molar-refractivity contribution in [1.29, 1.82) is 5.26 Å². The van der Waals surface area contributed by atoms with Crippen LogP contribution < -0.4 is 0 Å². The highest BCUT2D eigenvalue weighted by molar-refractivity contribution is 7.99. The molecule has 0 spiro atoms. The van der Waals surface area contributed by atoms with Crippen LogP contribution in [0.4, 0.5) is 8.78 Å². The van der Waals surface area contributed by atoms with Crippen LogP contribution in [-0.4, -0.2) is 60.0 Å². The standard InChI is InChI=1S/C24H21F2N7O2S/c1-14-19(10-30-33(14)18-3-2-4-31(12-18)22(35)13-34)15-5-21(23-16(7-27)8-29-32(23)11-15)36-24-20(26)6-17(25)9-28-24/h5-6,8-11,18,34H,2-4,12-13H2,1H3/t18-/m0/s1. The quantitative estimate of drug-likeness (QED) is 0.439. The maximum atomic E-state index is 14.4. The fourth-order valence-corrected chi connectivity index (χ4v) is 5.48. The third-order valence-electron chi connectivity index (χ3n) is 6.26. The summed E-state index contributed by atoms with van der Waals surface area (Å²) in [6.07, 6.45) is 7.52. The zero-order valence-electron chi connectivity index (χ0n) is 19.2. The third kappa shape index (κ3) is 4.31. The molecule has 36 heavy (non-hydrogen) atoms. The molecule has 1 amide bonds. The van der Waals surface area contributed by atoms with Gasteiger partial charge in [0, 0.05) is 47.1 Å². The van der Waals surface area contributed by atoms with Crippen LogP contribution in [0.2, 0.25) is 0 Å². The molecule has 5 rings (SSSR count). The molecule has 5 heterocycles. The largest absolute Gasteiger partial charge is 0.387 e. The molecule has 0 aliphatic carbocycles. The first-order chi connectivity index (χ1) is 17.4. The number of hydrogen-bond acceptors (Lipinski definition) is 7.